The summed E-state index contributed by atoms with van der Waals surface area (Å²) in [6.45, 7) is 0.654. The molecular formula is C19H17ClN4O3S. The number of hydrogen-bond acceptors (Lipinski definition) is 6. The summed E-state index contributed by atoms with van der Waals surface area (Å²) in [6, 6.07) is 14.4. The molecule has 3 aromatic rings. The van der Waals surface area contributed by atoms with Crippen LogP contribution in [0.3, 0.4) is 0 Å². The van der Waals surface area contributed by atoms with Gasteiger partial charge in [-0.05, 0) is 24.3 Å². The Hall–Kier alpha value is -2.71. The summed E-state index contributed by atoms with van der Waals surface area (Å²) in [7, 11) is 1.59. The van der Waals surface area contributed by atoms with E-state index in [1.807, 2.05) is 24.3 Å². The number of carbonyl (C=O) groups excluding carboxylic acids is 1. The van der Waals surface area contributed by atoms with Crippen molar-refractivity contribution in [2.75, 3.05) is 24.4 Å². The Morgan fingerprint density at radius 1 is 1.14 bits per heavy atom. The lowest BCUT2D eigenvalue weighted by atomic mass is 10.2. The first kappa shape index (κ1) is 18.6. The average Bonchev–Trinajstić information content (AvgIpc) is 3.15. The van der Waals surface area contributed by atoms with Crippen LogP contribution in [-0.4, -0.2) is 40.2 Å². The van der Waals surface area contributed by atoms with Gasteiger partial charge in [0.1, 0.15) is 6.61 Å². The third kappa shape index (κ3) is 3.53. The van der Waals surface area contributed by atoms with E-state index in [2.05, 4.69) is 10.2 Å². The van der Waals surface area contributed by atoms with Crippen molar-refractivity contribution in [1.82, 2.24) is 14.9 Å². The Bertz CT molecular complexity index is 1010. The number of aromatic nitrogens is 3. The fraction of sp³-hybridized carbons (Fsp3) is 0.211. The molecule has 0 bridgehead atoms. The standard InChI is InChI=1S/C19H17ClN4O3S/c1-26-15-8-4-5-9-16(15)27-12-17-21-22-19-24(17)23(10-11-28-19)18(25)13-6-2-3-7-14(13)20/h2-9H,10-12H2,1H3. The van der Waals surface area contributed by atoms with E-state index in [1.165, 1.54) is 0 Å². The summed E-state index contributed by atoms with van der Waals surface area (Å²) in [5.41, 5.74) is 0.437. The van der Waals surface area contributed by atoms with Gasteiger partial charge in [0, 0.05) is 5.75 Å². The number of amides is 1. The zero-order valence-corrected chi connectivity index (χ0v) is 16.6. The number of halogens is 1. The minimum absolute atomic E-state index is 0.139. The number of hydrogen-bond donors (Lipinski definition) is 0. The summed E-state index contributed by atoms with van der Waals surface area (Å²) >= 11 is 7.76. The number of thioether (sulfide) groups is 1. The second-order valence-corrected chi connectivity index (χ2v) is 7.38. The Morgan fingerprint density at radius 2 is 1.89 bits per heavy atom. The van der Waals surface area contributed by atoms with Crippen molar-refractivity contribution in [2.45, 2.75) is 11.8 Å². The normalized spacial score (nSPS) is 13.1. The molecule has 1 aliphatic heterocycles. The molecule has 0 fully saturated rings. The van der Waals surface area contributed by atoms with Gasteiger partial charge in [-0.25, -0.2) is 9.69 Å². The Morgan fingerprint density at radius 3 is 2.68 bits per heavy atom. The predicted octanol–water partition coefficient (Wildman–Crippen LogP) is 3.40. The van der Waals surface area contributed by atoms with Crippen molar-refractivity contribution in [3.8, 4) is 11.5 Å². The summed E-state index contributed by atoms with van der Waals surface area (Å²) < 4.78 is 12.9. The van der Waals surface area contributed by atoms with E-state index in [-0.39, 0.29) is 12.5 Å². The van der Waals surface area contributed by atoms with Crippen LogP contribution in [0, 0.1) is 0 Å². The number of para-hydroxylation sites is 2. The number of nitrogens with zero attached hydrogens (tertiary/aromatic N) is 4. The maximum Gasteiger partial charge on any atom is 0.274 e. The fourth-order valence-corrected chi connectivity index (χ4v) is 3.98. The van der Waals surface area contributed by atoms with Crippen molar-refractivity contribution in [1.29, 1.82) is 0 Å². The summed E-state index contributed by atoms with van der Waals surface area (Å²) in [4.78, 5) is 13.1. The molecule has 144 valence electrons. The second kappa shape index (κ2) is 8.12. The first-order valence-corrected chi connectivity index (χ1v) is 9.95. The number of methoxy groups -OCH3 is 1. The second-order valence-electron chi connectivity index (χ2n) is 5.91. The molecule has 1 amide bonds. The van der Waals surface area contributed by atoms with Crippen LogP contribution in [0.2, 0.25) is 5.02 Å². The quantitative estimate of drug-likeness (QED) is 0.635. The van der Waals surface area contributed by atoms with E-state index in [9.17, 15) is 4.79 Å². The van der Waals surface area contributed by atoms with Crippen LogP contribution in [0.1, 0.15) is 16.2 Å². The summed E-state index contributed by atoms with van der Waals surface area (Å²) in [6.07, 6.45) is 0. The minimum Gasteiger partial charge on any atom is -0.493 e. The molecule has 7 nitrogen and oxygen atoms in total. The SMILES string of the molecule is COc1ccccc1OCc1nnc2n1N(C(=O)c1ccccc1Cl)CCS2. The van der Waals surface area contributed by atoms with E-state index in [0.29, 0.717) is 39.6 Å². The van der Waals surface area contributed by atoms with Crippen molar-refractivity contribution < 1.29 is 14.3 Å². The number of ether oxygens (including phenoxy) is 2. The van der Waals surface area contributed by atoms with Crippen LogP contribution in [0.5, 0.6) is 11.5 Å². The smallest absolute Gasteiger partial charge is 0.274 e. The van der Waals surface area contributed by atoms with Gasteiger partial charge in [0.25, 0.3) is 5.91 Å². The highest BCUT2D eigenvalue weighted by Crippen LogP contribution is 2.28. The molecule has 28 heavy (non-hydrogen) atoms. The zero-order chi connectivity index (χ0) is 19.5. The molecule has 9 heteroatoms. The highest BCUT2D eigenvalue weighted by atomic mass is 35.5. The van der Waals surface area contributed by atoms with E-state index in [4.69, 9.17) is 21.1 Å². The molecule has 1 aromatic heterocycles. The third-order valence-corrected chi connectivity index (χ3v) is 5.45. The molecule has 0 saturated carbocycles. The number of rotatable bonds is 5. The van der Waals surface area contributed by atoms with Crippen LogP contribution >= 0.6 is 23.4 Å². The van der Waals surface area contributed by atoms with Crippen molar-refractivity contribution in [2.24, 2.45) is 0 Å². The van der Waals surface area contributed by atoms with Gasteiger partial charge in [0.05, 0.1) is 24.2 Å². The molecule has 0 unspecified atom stereocenters. The van der Waals surface area contributed by atoms with Crippen molar-refractivity contribution in [3.05, 3.63) is 64.9 Å². The van der Waals surface area contributed by atoms with Gasteiger partial charge in [-0.2, -0.15) is 0 Å². The van der Waals surface area contributed by atoms with E-state index >= 15 is 0 Å². The van der Waals surface area contributed by atoms with Gasteiger partial charge in [0.15, 0.2) is 17.3 Å². The first-order chi connectivity index (χ1) is 13.7. The van der Waals surface area contributed by atoms with Crippen LogP contribution in [0.25, 0.3) is 0 Å². The van der Waals surface area contributed by atoms with E-state index in [1.54, 1.807) is 52.8 Å². The molecule has 0 saturated heterocycles. The van der Waals surface area contributed by atoms with Crippen LogP contribution in [0.15, 0.2) is 53.7 Å². The lowest BCUT2D eigenvalue weighted by Crippen LogP contribution is -2.45. The lowest BCUT2D eigenvalue weighted by Gasteiger charge is -2.29. The molecule has 2 heterocycles. The largest absolute Gasteiger partial charge is 0.493 e. The Labute approximate surface area is 171 Å². The molecule has 0 aliphatic carbocycles. The molecular weight excluding hydrogens is 400 g/mol. The van der Waals surface area contributed by atoms with Crippen LogP contribution in [0.4, 0.5) is 0 Å². The van der Waals surface area contributed by atoms with Crippen LogP contribution in [-0.2, 0) is 6.61 Å². The third-order valence-electron chi connectivity index (χ3n) is 4.22. The monoisotopic (exact) mass is 416 g/mol. The number of carbonyl (C=O) groups is 1. The maximum absolute atomic E-state index is 13.1. The van der Waals surface area contributed by atoms with Crippen molar-refractivity contribution >= 4 is 29.3 Å². The molecule has 0 atom stereocenters. The molecule has 0 radical (unpaired) electrons. The Balaban J connectivity index is 1.62. The highest BCUT2D eigenvalue weighted by Gasteiger charge is 2.29. The number of fused-ring (bicyclic) bond motifs is 1. The highest BCUT2D eigenvalue weighted by molar-refractivity contribution is 7.99. The van der Waals surface area contributed by atoms with Gasteiger partial charge >= 0.3 is 0 Å². The molecule has 1 aliphatic rings. The molecule has 0 N–H and O–H groups in total. The van der Waals surface area contributed by atoms with Gasteiger partial charge in [-0.15, -0.1) is 10.2 Å². The fourth-order valence-electron chi connectivity index (χ4n) is 2.89. The van der Waals surface area contributed by atoms with E-state index < -0.39 is 0 Å². The Kier molecular flexibility index (Phi) is 5.40. The topological polar surface area (TPSA) is 69.5 Å². The first-order valence-electron chi connectivity index (χ1n) is 8.58. The van der Waals surface area contributed by atoms with Crippen LogP contribution < -0.4 is 14.5 Å². The predicted molar refractivity (Wildman–Crippen MR) is 107 cm³/mol. The van der Waals surface area contributed by atoms with Gasteiger partial charge in [-0.3, -0.25) is 4.79 Å². The zero-order valence-electron chi connectivity index (χ0n) is 15.0. The number of benzene rings is 2. The maximum atomic E-state index is 13.1. The lowest BCUT2D eigenvalue weighted by molar-refractivity contribution is 0.0953. The summed E-state index contributed by atoms with van der Waals surface area (Å²) in [5.74, 6) is 2.26. The van der Waals surface area contributed by atoms with Gasteiger partial charge < -0.3 is 9.47 Å². The molecule has 4 rings (SSSR count). The molecule has 0 spiro atoms. The van der Waals surface area contributed by atoms with Crippen molar-refractivity contribution in [3.63, 3.8) is 0 Å². The van der Waals surface area contributed by atoms with E-state index in [0.717, 1.165) is 5.75 Å². The summed E-state index contributed by atoms with van der Waals surface area (Å²) in [5, 5.41) is 11.1. The minimum atomic E-state index is -0.203. The van der Waals surface area contributed by atoms with Gasteiger partial charge in [-0.1, -0.05) is 47.6 Å². The molecule has 2 aromatic carbocycles. The van der Waals surface area contributed by atoms with Gasteiger partial charge in [0.2, 0.25) is 5.16 Å². The average molecular weight is 417 g/mol.